The first-order valence-electron chi connectivity index (χ1n) is 7.52. The molecule has 0 saturated heterocycles. The van der Waals surface area contributed by atoms with Gasteiger partial charge in [0.15, 0.2) is 11.5 Å². The van der Waals surface area contributed by atoms with Gasteiger partial charge in [0.25, 0.3) is 5.91 Å². The smallest absolute Gasteiger partial charge is 0.272 e. The van der Waals surface area contributed by atoms with Crippen LogP contribution in [0.25, 0.3) is 11.5 Å². The highest BCUT2D eigenvalue weighted by Crippen LogP contribution is 2.20. The molecule has 3 heterocycles. The van der Waals surface area contributed by atoms with E-state index in [2.05, 4.69) is 20.6 Å². The lowest BCUT2D eigenvalue weighted by molar-refractivity contribution is 0.0934. The van der Waals surface area contributed by atoms with Crippen LogP contribution in [-0.4, -0.2) is 25.9 Å². The van der Waals surface area contributed by atoms with E-state index in [9.17, 15) is 4.79 Å². The van der Waals surface area contributed by atoms with Gasteiger partial charge in [-0.15, -0.1) is 0 Å². The Morgan fingerprint density at radius 2 is 2.35 bits per heavy atom. The topological polar surface area (TPSA) is 88.7 Å². The standard InChI is InChI=1S/C16H19N5O2/c1-4-21-11(3)12(9-17-21)10(2)18-16(22)14-8-13(19-20-14)15-6-5-7-23-15/h5-10H,4H2,1-3H3,(H,18,22)(H,19,20). The largest absolute Gasteiger partial charge is 0.463 e. The third kappa shape index (κ3) is 2.90. The zero-order valence-electron chi connectivity index (χ0n) is 13.3. The van der Waals surface area contributed by atoms with Crippen LogP contribution < -0.4 is 5.32 Å². The second-order valence-electron chi connectivity index (χ2n) is 5.34. The first kappa shape index (κ1) is 15.1. The van der Waals surface area contributed by atoms with Crippen molar-refractivity contribution in [1.29, 1.82) is 0 Å². The summed E-state index contributed by atoms with van der Waals surface area (Å²) < 4.78 is 7.18. The van der Waals surface area contributed by atoms with Crippen LogP contribution in [0.2, 0.25) is 0 Å². The summed E-state index contributed by atoms with van der Waals surface area (Å²) in [6.45, 7) is 6.77. The molecule has 3 aromatic heterocycles. The van der Waals surface area contributed by atoms with E-state index >= 15 is 0 Å². The molecule has 7 heteroatoms. The van der Waals surface area contributed by atoms with E-state index in [0.717, 1.165) is 17.8 Å². The van der Waals surface area contributed by atoms with Gasteiger partial charge in [0.05, 0.1) is 18.5 Å². The number of H-pyrrole nitrogens is 1. The Labute approximate surface area is 133 Å². The minimum Gasteiger partial charge on any atom is -0.463 e. The number of amides is 1. The summed E-state index contributed by atoms with van der Waals surface area (Å²) in [7, 11) is 0. The van der Waals surface area contributed by atoms with Crippen LogP contribution in [0.15, 0.2) is 35.1 Å². The van der Waals surface area contributed by atoms with Gasteiger partial charge in [-0.05, 0) is 32.9 Å². The summed E-state index contributed by atoms with van der Waals surface area (Å²) in [6.07, 6.45) is 3.37. The molecule has 0 fully saturated rings. The predicted molar refractivity (Wildman–Crippen MR) is 84.8 cm³/mol. The Morgan fingerprint density at radius 3 is 3.00 bits per heavy atom. The second kappa shape index (κ2) is 6.12. The number of nitrogens with zero attached hydrogens (tertiary/aromatic N) is 3. The van der Waals surface area contributed by atoms with Crippen molar-refractivity contribution in [2.24, 2.45) is 0 Å². The fourth-order valence-corrected chi connectivity index (χ4v) is 2.55. The Kier molecular flexibility index (Phi) is 4.01. The average Bonchev–Trinajstić information content (AvgIpc) is 3.27. The molecule has 0 spiro atoms. The molecule has 1 amide bonds. The van der Waals surface area contributed by atoms with E-state index in [1.54, 1.807) is 30.7 Å². The van der Waals surface area contributed by atoms with Gasteiger partial charge in [0.2, 0.25) is 0 Å². The van der Waals surface area contributed by atoms with Crippen LogP contribution in [0, 0.1) is 6.92 Å². The third-order valence-electron chi connectivity index (χ3n) is 3.85. The van der Waals surface area contributed by atoms with Crippen molar-refractivity contribution in [3.8, 4) is 11.5 Å². The first-order valence-corrected chi connectivity index (χ1v) is 7.52. The molecule has 0 aliphatic carbocycles. The van der Waals surface area contributed by atoms with Crippen molar-refractivity contribution >= 4 is 5.91 Å². The van der Waals surface area contributed by atoms with Gasteiger partial charge in [0.1, 0.15) is 5.69 Å². The van der Waals surface area contributed by atoms with Crippen LogP contribution in [0.3, 0.4) is 0 Å². The molecule has 3 rings (SSSR count). The number of nitrogens with one attached hydrogen (secondary N) is 2. The molecule has 120 valence electrons. The van der Waals surface area contributed by atoms with Gasteiger partial charge < -0.3 is 9.73 Å². The van der Waals surface area contributed by atoms with E-state index in [4.69, 9.17) is 4.42 Å². The highest BCUT2D eigenvalue weighted by molar-refractivity contribution is 5.93. The summed E-state index contributed by atoms with van der Waals surface area (Å²) in [6, 6.07) is 5.11. The van der Waals surface area contributed by atoms with Crippen LogP contribution in [0.5, 0.6) is 0 Å². The molecule has 1 unspecified atom stereocenters. The van der Waals surface area contributed by atoms with Crippen LogP contribution >= 0.6 is 0 Å². The summed E-state index contributed by atoms with van der Waals surface area (Å²) >= 11 is 0. The SMILES string of the molecule is CCn1ncc(C(C)NC(=O)c2cc(-c3ccco3)[nH]n2)c1C. The van der Waals surface area contributed by atoms with Crippen molar-refractivity contribution in [1.82, 2.24) is 25.3 Å². The van der Waals surface area contributed by atoms with Gasteiger partial charge in [-0.3, -0.25) is 14.6 Å². The monoisotopic (exact) mass is 313 g/mol. The Hall–Kier alpha value is -2.83. The Bertz CT molecular complexity index is 800. The maximum absolute atomic E-state index is 12.3. The normalized spacial score (nSPS) is 12.3. The van der Waals surface area contributed by atoms with Crippen molar-refractivity contribution in [2.45, 2.75) is 33.4 Å². The molecule has 7 nitrogen and oxygen atoms in total. The summed E-state index contributed by atoms with van der Waals surface area (Å²) in [5, 5.41) is 14.1. The van der Waals surface area contributed by atoms with Gasteiger partial charge >= 0.3 is 0 Å². The van der Waals surface area contributed by atoms with E-state index in [0.29, 0.717) is 17.1 Å². The van der Waals surface area contributed by atoms with Crippen LogP contribution in [0.4, 0.5) is 0 Å². The number of hydrogen-bond acceptors (Lipinski definition) is 4. The lowest BCUT2D eigenvalue weighted by Gasteiger charge is -2.12. The molecule has 0 aliphatic rings. The number of aryl methyl sites for hydroxylation is 1. The Balaban J connectivity index is 1.72. The highest BCUT2D eigenvalue weighted by Gasteiger charge is 2.18. The maximum atomic E-state index is 12.3. The molecule has 1 atom stereocenters. The minimum absolute atomic E-state index is 0.147. The molecule has 2 N–H and O–H groups in total. The van der Waals surface area contributed by atoms with Gasteiger partial charge in [-0.1, -0.05) is 0 Å². The average molecular weight is 313 g/mol. The number of aromatic amines is 1. The van der Waals surface area contributed by atoms with Crippen molar-refractivity contribution in [3.05, 3.63) is 47.6 Å². The van der Waals surface area contributed by atoms with Crippen molar-refractivity contribution in [2.75, 3.05) is 0 Å². The number of furan rings is 1. The number of carbonyl (C=O) groups is 1. The van der Waals surface area contributed by atoms with Gasteiger partial charge in [-0.2, -0.15) is 10.2 Å². The fraction of sp³-hybridized carbons (Fsp3) is 0.312. The van der Waals surface area contributed by atoms with E-state index in [1.807, 2.05) is 25.5 Å². The second-order valence-corrected chi connectivity index (χ2v) is 5.34. The molecular formula is C16H19N5O2. The lowest BCUT2D eigenvalue weighted by atomic mass is 10.1. The fourth-order valence-electron chi connectivity index (χ4n) is 2.55. The number of hydrogen-bond donors (Lipinski definition) is 2. The third-order valence-corrected chi connectivity index (χ3v) is 3.85. The minimum atomic E-state index is -0.241. The van der Waals surface area contributed by atoms with Crippen LogP contribution in [-0.2, 0) is 6.54 Å². The molecule has 23 heavy (non-hydrogen) atoms. The summed E-state index contributed by atoms with van der Waals surface area (Å²) in [5.74, 6) is 0.403. The van der Waals surface area contributed by atoms with Crippen LogP contribution in [0.1, 0.15) is 41.6 Å². The lowest BCUT2D eigenvalue weighted by Crippen LogP contribution is -2.27. The molecule has 0 aromatic carbocycles. The molecule has 0 bridgehead atoms. The Morgan fingerprint density at radius 1 is 1.52 bits per heavy atom. The van der Waals surface area contributed by atoms with Crippen molar-refractivity contribution < 1.29 is 9.21 Å². The zero-order chi connectivity index (χ0) is 16.4. The number of rotatable bonds is 5. The van der Waals surface area contributed by atoms with E-state index in [1.165, 1.54) is 0 Å². The first-order chi connectivity index (χ1) is 11.1. The molecular weight excluding hydrogens is 294 g/mol. The van der Waals surface area contributed by atoms with E-state index < -0.39 is 0 Å². The summed E-state index contributed by atoms with van der Waals surface area (Å²) in [5.41, 5.74) is 3.05. The molecule has 3 aromatic rings. The van der Waals surface area contributed by atoms with E-state index in [-0.39, 0.29) is 11.9 Å². The van der Waals surface area contributed by atoms with Gasteiger partial charge in [-0.25, -0.2) is 0 Å². The molecule has 0 aliphatic heterocycles. The maximum Gasteiger partial charge on any atom is 0.272 e. The highest BCUT2D eigenvalue weighted by atomic mass is 16.3. The summed E-state index contributed by atoms with van der Waals surface area (Å²) in [4.78, 5) is 12.3. The zero-order valence-corrected chi connectivity index (χ0v) is 13.3. The molecule has 0 saturated carbocycles. The van der Waals surface area contributed by atoms with Crippen molar-refractivity contribution in [3.63, 3.8) is 0 Å². The molecule has 0 radical (unpaired) electrons. The quantitative estimate of drug-likeness (QED) is 0.758. The van der Waals surface area contributed by atoms with Gasteiger partial charge in [0, 0.05) is 23.9 Å². The number of aromatic nitrogens is 4. The number of carbonyl (C=O) groups excluding carboxylic acids is 1. The predicted octanol–water partition coefficient (Wildman–Crippen LogP) is 2.69.